The number of aryl methyl sites for hydroxylation is 1. The Morgan fingerprint density at radius 1 is 1.13 bits per heavy atom. The second-order valence-electron chi connectivity index (χ2n) is 7.76. The van der Waals surface area contributed by atoms with Crippen molar-refractivity contribution in [2.24, 2.45) is 0 Å². The highest BCUT2D eigenvalue weighted by molar-refractivity contribution is 5.90. The Morgan fingerprint density at radius 2 is 1.87 bits per heavy atom. The predicted octanol–water partition coefficient (Wildman–Crippen LogP) is 4.69. The predicted molar refractivity (Wildman–Crippen MR) is 126 cm³/mol. The van der Waals surface area contributed by atoms with Gasteiger partial charge in [0.05, 0.1) is 31.4 Å². The van der Waals surface area contributed by atoms with E-state index in [9.17, 15) is 4.79 Å². The number of rotatable bonds is 6. The molecule has 31 heavy (non-hydrogen) atoms. The topological polar surface area (TPSA) is 50.8 Å². The van der Waals surface area contributed by atoms with Crippen molar-refractivity contribution < 1.29 is 14.4 Å². The molecule has 5 nitrogen and oxygen atoms in total. The quantitative estimate of drug-likeness (QED) is 0.602. The van der Waals surface area contributed by atoms with Crippen molar-refractivity contribution in [3.05, 3.63) is 83.4 Å². The van der Waals surface area contributed by atoms with E-state index in [1.54, 1.807) is 11.1 Å². The van der Waals surface area contributed by atoms with Gasteiger partial charge in [0.1, 0.15) is 0 Å². The number of carbonyl (C=O) groups excluding carboxylic acids is 1. The van der Waals surface area contributed by atoms with Crippen LogP contribution in [0.15, 0.2) is 66.7 Å². The van der Waals surface area contributed by atoms with Crippen molar-refractivity contribution in [3.8, 4) is 0 Å². The van der Waals surface area contributed by atoms with E-state index in [1.165, 1.54) is 16.3 Å². The summed E-state index contributed by atoms with van der Waals surface area (Å²) in [6, 6.07) is 22.4. The summed E-state index contributed by atoms with van der Waals surface area (Å²) in [5.74, 6) is -0.317. The van der Waals surface area contributed by atoms with Crippen LogP contribution in [0.2, 0.25) is 0 Å². The van der Waals surface area contributed by atoms with Crippen LogP contribution in [0.3, 0.4) is 0 Å². The van der Waals surface area contributed by atoms with Crippen LogP contribution < -0.4 is 5.32 Å². The zero-order valence-corrected chi connectivity index (χ0v) is 18.7. The fraction of sp³-hybridized carbons (Fsp3) is 0.320. The Labute approximate surface area is 189 Å². The average Bonchev–Trinajstić information content (AvgIpc) is 2.78. The first-order valence-corrected chi connectivity index (χ1v) is 10.5. The highest BCUT2D eigenvalue weighted by Crippen LogP contribution is 2.24. The maximum Gasteiger partial charge on any atom is 0.357 e. The molecule has 1 heterocycles. The van der Waals surface area contributed by atoms with Crippen LogP contribution >= 0.6 is 12.4 Å². The van der Waals surface area contributed by atoms with E-state index in [2.05, 4.69) is 54.7 Å². The molecule has 1 N–H and O–H groups in total. The molecule has 3 aromatic carbocycles. The van der Waals surface area contributed by atoms with Crippen LogP contribution in [0, 0.1) is 6.92 Å². The number of nitrogens with one attached hydrogen (secondary N) is 1. The molecular formula is C25H29ClN2O3. The van der Waals surface area contributed by atoms with Crippen LogP contribution in [0.25, 0.3) is 10.8 Å². The molecule has 1 fully saturated rings. The minimum Gasteiger partial charge on any atom is -0.378 e. The number of halogens is 1. The van der Waals surface area contributed by atoms with Gasteiger partial charge in [-0.05, 0) is 41.8 Å². The zero-order valence-electron chi connectivity index (χ0n) is 17.9. The van der Waals surface area contributed by atoms with Gasteiger partial charge in [0.15, 0.2) is 0 Å². The molecule has 1 unspecified atom stereocenters. The first-order chi connectivity index (χ1) is 14.6. The molecule has 0 amide bonds. The van der Waals surface area contributed by atoms with Crippen molar-refractivity contribution in [1.29, 1.82) is 0 Å². The number of nitrogens with zero attached hydrogens (tertiary/aromatic N) is 1. The highest BCUT2D eigenvalue weighted by atomic mass is 35.5. The van der Waals surface area contributed by atoms with Gasteiger partial charge in [-0.25, -0.2) is 4.79 Å². The van der Waals surface area contributed by atoms with Gasteiger partial charge in [-0.15, -0.1) is 17.5 Å². The number of hydrogen-bond acceptors (Lipinski definition) is 5. The molecule has 0 spiro atoms. The molecule has 6 heteroatoms. The lowest BCUT2D eigenvalue weighted by Gasteiger charge is -2.34. The molecule has 0 aliphatic carbocycles. The molecule has 3 aromatic rings. The van der Waals surface area contributed by atoms with Crippen molar-refractivity contribution >= 4 is 29.1 Å². The third-order valence-corrected chi connectivity index (χ3v) is 5.69. The highest BCUT2D eigenvalue weighted by Gasteiger charge is 2.28. The first kappa shape index (κ1) is 23.2. The van der Waals surface area contributed by atoms with Crippen molar-refractivity contribution in [2.45, 2.75) is 25.9 Å². The molecule has 1 aliphatic rings. The minimum atomic E-state index is -0.317. The summed E-state index contributed by atoms with van der Waals surface area (Å²) in [6.07, 6.45) is 0. The number of fused-ring (bicyclic) bond motifs is 1. The normalized spacial score (nSPS) is 17.7. The summed E-state index contributed by atoms with van der Waals surface area (Å²) in [7, 11) is 0. The lowest BCUT2D eigenvalue weighted by Crippen LogP contribution is -2.51. The Bertz CT molecular complexity index is 1020. The minimum absolute atomic E-state index is 0. The summed E-state index contributed by atoms with van der Waals surface area (Å²) >= 11 is 0. The molecule has 0 aromatic heterocycles. The second kappa shape index (κ2) is 10.7. The SMILES string of the molecule is Cc1ccccc1C(=O)ON1CCOCC1CN[C@H](C)c1cccc2ccccc12.Cl. The van der Waals surface area contributed by atoms with E-state index in [1.807, 2.05) is 25.1 Å². The van der Waals surface area contributed by atoms with Crippen molar-refractivity contribution in [1.82, 2.24) is 10.4 Å². The number of carbonyl (C=O) groups is 1. The molecular weight excluding hydrogens is 412 g/mol. The van der Waals surface area contributed by atoms with Gasteiger partial charge < -0.3 is 14.9 Å². The Balaban J connectivity index is 0.00000272. The number of hydrogen-bond donors (Lipinski definition) is 1. The van der Waals surface area contributed by atoms with Gasteiger partial charge in [0, 0.05) is 12.6 Å². The number of ether oxygens (including phenoxy) is 1. The molecule has 1 saturated heterocycles. The van der Waals surface area contributed by atoms with Crippen molar-refractivity contribution in [3.63, 3.8) is 0 Å². The van der Waals surface area contributed by atoms with Gasteiger partial charge in [-0.3, -0.25) is 0 Å². The van der Waals surface area contributed by atoms with Crippen LogP contribution in [0.5, 0.6) is 0 Å². The van der Waals surface area contributed by atoms with E-state index in [0.717, 1.165) is 5.56 Å². The number of benzene rings is 3. The van der Waals surface area contributed by atoms with E-state index in [0.29, 0.717) is 31.9 Å². The largest absolute Gasteiger partial charge is 0.378 e. The summed E-state index contributed by atoms with van der Waals surface area (Å²) in [6.45, 7) is 6.38. The number of morpholine rings is 1. The molecule has 0 saturated carbocycles. The van der Waals surface area contributed by atoms with Gasteiger partial charge in [0.25, 0.3) is 0 Å². The van der Waals surface area contributed by atoms with Gasteiger partial charge in [-0.1, -0.05) is 60.7 Å². The number of hydroxylamine groups is 2. The molecule has 0 bridgehead atoms. The first-order valence-electron chi connectivity index (χ1n) is 10.5. The fourth-order valence-electron chi connectivity index (χ4n) is 3.93. The Hall–Kier alpha value is -2.44. The maximum absolute atomic E-state index is 12.7. The molecule has 1 aliphatic heterocycles. The third kappa shape index (κ3) is 5.43. The van der Waals surface area contributed by atoms with Crippen LogP contribution in [-0.4, -0.2) is 43.4 Å². The average molecular weight is 441 g/mol. The van der Waals surface area contributed by atoms with Gasteiger partial charge in [-0.2, -0.15) is 0 Å². The van der Waals surface area contributed by atoms with Gasteiger partial charge >= 0.3 is 5.97 Å². The monoisotopic (exact) mass is 440 g/mol. The molecule has 2 atom stereocenters. The molecule has 4 rings (SSSR count). The maximum atomic E-state index is 12.7. The van der Waals surface area contributed by atoms with Crippen LogP contribution in [0.4, 0.5) is 0 Å². The lowest BCUT2D eigenvalue weighted by molar-refractivity contribution is -0.183. The van der Waals surface area contributed by atoms with Crippen LogP contribution in [-0.2, 0) is 9.57 Å². The van der Waals surface area contributed by atoms with E-state index in [4.69, 9.17) is 9.57 Å². The summed E-state index contributed by atoms with van der Waals surface area (Å²) in [5.41, 5.74) is 2.77. The third-order valence-electron chi connectivity index (χ3n) is 5.69. The smallest absolute Gasteiger partial charge is 0.357 e. The summed E-state index contributed by atoms with van der Waals surface area (Å²) in [5, 5.41) is 7.85. The molecule has 164 valence electrons. The lowest BCUT2D eigenvalue weighted by atomic mass is 9.99. The fourth-order valence-corrected chi connectivity index (χ4v) is 3.93. The molecule has 0 radical (unpaired) electrons. The Kier molecular flexibility index (Phi) is 8.04. The van der Waals surface area contributed by atoms with E-state index >= 15 is 0 Å². The van der Waals surface area contributed by atoms with Crippen molar-refractivity contribution in [2.75, 3.05) is 26.3 Å². The zero-order chi connectivity index (χ0) is 20.9. The standard InChI is InChI=1S/C25H28N2O3.ClH/c1-18-8-3-5-11-22(18)25(28)30-27-14-15-29-17-21(27)16-26-19(2)23-13-7-10-20-9-4-6-12-24(20)23;/h3-13,19,21,26H,14-17H2,1-2H3;1H/t19-,21?;/m1./s1. The summed E-state index contributed by atoms with van der Waals surface area (Å²) in [4.78, 5) is 18.4. The van der Waals surface area contributed by atoms with E-state index in [-0.39, 0.29) is 30.5 Å². The van der Waals surface area contributed by atoms with Gasteiger partial charge in [0.2, 0.25) is 0 Å². The second-order valence-corrected chi connectivity index (χ2v) is 7.76. The van der Waals surface area contributed by atoms with E-state index < -0.39 is 0 Å². The summed E-state index contributed by atoms with van der Waals surface area (Å²) < 4.78 is 5.66. The Morgan fingerprint density at radius 3 is 2.71 bits per heavy atom. The van der Waals surface area contributed by atoms with Crippen LogP contribution in [0.1, 0.15) is 34.5 Å².